The third-order valence-corrected chi connectivity index (χ3v) is 5.15. The molecule has 0 unspecified atom stereocenters. The van der Waals surface area contributed by atoms with E-state index in [0.717, 1.165) is 15.2 Å². The number of carbonyl (C=O) groups excluding carboxylic acids is 1. The smallest absolute Gasteiger partial charge is 0.322 e. The van der Waals surface area contributed by atoms with E-state index in [4.69, 9.17) is 0 Å². The van der Waals surface area contributed by atoms with Crippen LogP contribution in [0.4, 0.5) is 18.9 Å². The molecule has 0 fully saturated rings. The van der Waals surface area contributed by atoms with Crippen molar-refractivity contribution in [2.75, 3.05) is 5.32 Å². The van der Waals surface area contributed by atoms with E-state index >= 15 is 0 Å². The van der Waals surface area contributed by atoms with Crippen molar-refractivity contribution in [1.82, 2.24) is 9.55 Å². The Labute approximate surface area is 167 Å². The number of nitrogens with one attached hydrogen (secondary N) is 1. The molecule has 0 radical (unpaired) electrons. The van der Waals surface area contributed by atoms with E-state index in [1.54, 1.807) is 25.1 Å². The van der Waals surface area contributed by atoms with Crippen LogP contribution in [0.15, 0.2) is 48.9 Å². The highest BCUT2D eigenvalue weighted by Gasteiger charge is 2.34. The summed E-state index contributed by atoms with van der Waals surface area (Å²) in [7, 11) is 0. The molecule has 140 valence electrons. The molecular formula is C19H15F3IN3O. The molecule has 0 spiro atoms. The fourth-order valence-electron chi connectivity index (χ4n) is 2.56. The lowest BCUT2D eigenvalue weighted by Gasteiger charge is -2.15. The molecule has 27 heavy (non-hydrogen) atoms. The number of halogens is 4. The lowest BCUT2D eigenvalue weighted by Crippen LogP contribution is -2.15. The van der Waals surface area contributed by atoms with Gasteiger partial charge in [0.25, 0.3) is 5.91 Å². The molecular weight excluding hydrogens is 470 g/mol. The van der Waals surface area contributed by atoms with Crippen molar-refractivity contribution in [2.24, 2.45) is 0 Å². The second kappa shape index (κ2) is 7.34. The summed E-state index contributed by atoms with van der Waals surface area (Å²) in [6.07, 6.45) is -1.74. The third-order valence-electron chi connectivity index (χ3n) is 3.98. The number of alkyl halides is 3. The molecule has 8 heteroatoms. The SMILES string of the molecule is Cc1cn(-c2ccc(NC(=O)c3ccc(C)c(I)c3)cc2C(F)(F)F)cn1. The maximum atomic E-state index is 13.5. The zero-order valence-electron chi connectivity index (χ0n) is 14.4. The molecule has 0 atom stereocenters. The van der Waals surface area contributed by atoms with Crippen molar-refractivity contribution in [3.8, 4) is 5.69 Å². The Morgan fingerprint density at radius 1 is 1.15 bits per heavy atom. The topological polar surface area (TPSA) is 46.9 Å². The van der Waals surface area contributed by atoms with Gasteiger partial charge in [-0.2, -0.15) is 13.2 Å². The van der Waals surface area contributed by atoms with Crippen LogP contribution in [0.1, 0.15) is 27.2 Å². The van der Waals surface area contributed by atoms with E-state index < -0.39 is 17.6 Å². The number of anilines is 1. The molecule has 0 aliphatic rings. The van der Waals surface area contributed by atoms with Gasteiger partial charge in [0, 0.05) is 21.0 Å². The standard InChI is InChI=1S/C19H15F3IN3O/c1-11-3-4-13(7-16(11)23)18(27)25-14-5-6-17(15(8-14)19(20,21)22)26-9-12(2)24-10-26/h3-10H,1-2H3,(H,25,27). The number of nitrogens with zero attached hydrogens (tertiary/aromatic N) is 2. The molecule has 4 nitrogen and oxygen atoms in total. The summed E-state index contributed by atoms with van der Waals surface area (Å²) >= 11 is 2.11. The van der Waals surface area contributed by atoms with Gasteiger partial charge in [-0.3, -0.25) is 4.79 Å². The van der Waals surface area contributed by atoms with Crippen LogP contribution >= 0.6 is 22.6 Å². The van der Waals surface area contributed by atoms with Gasteiger partial charge >= 0.3 is 6.18 Å². The van der Waals surface area contributed by atoms with Gasteiger partial charge in [-0.25, -0.2) is 4.98 Å². The number of aryl methyl sites for hydroxylation is 2. The van der Waals surface area contributed by atoms with Crippen LogP contribution in [0.3, 0.4) is 0 Å². The predicted octanol–water partition coefficient (Wildman–Crippen LogP) is 5.36. The fraction of sp³-hybridized carbons (Fsp3) is 0.158. The number of amides is 1. The molecule has 2 aromatic carbocycles. The van der Waals surface area contributed by atoms with E-state index in [1.807, 2.05) is 6.92 Å². The van der Waals surface area contributed by atoms with E-state index in [-0.39, 0.29) is 11.4 Å². The molecule has 0 saturated carbocycles. The summed E-state index contributed by atoms with van der Waals surface area (Å²) in [5.41, 5.74) is 1.18. The fourth-order valence-corrected chi connectivity index (χ4v) is 3.07. The van der Waals surface area contributed by atoms with E-state index in [0.29, 0.717) is 11.3 Å². The van der Waals surface area contributed by atoms with Crippen molar-refractivity contribution in [3.05, 3.63) is 74.9 Å². The molecule has 0 bridgehead atoms. The summed E-state index contributed by atoms with van der Waals surface area (Å²) < 4.78 is 42.8. The maximum absolute atomic E-state index is 13.5. The number of benzene rings is 2. The van der Waals surface area contributed by atoms with Gasteiger partial charge in [-0.15, -0.1) is 0 Å². The molecule has 0 saturated heterocycles. The second-order valence-corrected chi connectivity index (χ2v) is 7.23. The summed E-state index contributed by atoms with van der Waals surface area (Å²) in [6.45, 7) is 3.61. The molecule has 1 N–H and O–H groups in total. The van der Waals surface area contributed by atoms with Crippen LogP contribution in [0, 0.1) is 17.4 Å². The first kappa shape index (κ1) is 19.4. The Balaban J connectivity index is 1.95. The summed E-state index contributed by atoms with van der Waals surface area (Å²) in [5, 5.41) is 2.53. The first-order valence-corrected chi connectivity index (χ1v) is 9.03. The van der Waals surface area contributed by atoms with Crippen molar-refractivity contribution >= 4 is 34.2 Å². The quantitative estimate of drug-likeness (QED) is 0.508. The van der Waals surface area contributed by atoms with Gasteiger partial charge in [0.2, 0.25) is 0 Å². The summed E-state index contributed by atoms with van der Waals surface area (Å²) in [5.74, 6) is -0.465. The molecule has 1 amide bonds. The highest BCUT2D eigenvalue weighted by molar-refractivity contribution is 14.1. The van der Waals surface area contributed by atoms with Crippen LogP contribution in [-0.4, -0.2) is 15.5 Å². The van der Waals surface area contributed by atoms with Crippen molar-refractivity contribution in [3.63, 3.8) is 0 Å². The second-order valence-electron chi connectivity index (χ2n) is 6.07. The highest BCUT2D eigenvalue weighted by Crippen LogP contribution is 2.35. The Kier molecular flexibility index (Phi) is 5.27. The van der Waals surface area contributed by atoms with Crippen LogP contribution in [0.2, 0.25) is 0 Å². The minimum Gasteiger partial charge on any atom is -0.322 e. The average Bonchev–Trinajstić information content (AvgIpc) is 3.02. The molecule has 1 heterocycles. The van der Waals surface area contributed by atoms with Gasteiger partial charge in [0.15, 0.2) is 0 Å². The van der Waals surface area contributed by atoms with Crippen molar-refractivity contribution in [1.29, 1.82) is 0 Å². The molecule has 0 aliphatic heterocycles. The first-order chi connectivity index (χ1) is 12.6. The lowest BCUT2D eigenvalue weighted by molar-refractivity contribution is -0.137. The Bertz CT molecular complexity index is 1010. The van der Waals surface area contributed by atoms with Crippen LogP contribution in [0.5, 0.6) is 0 Å². The van der Waals surface area contributed by atoms with Crippen LogP contribution < -0.4 is 5.32 Å². The van der Waals surface area contributed by atoms with Crippen molar-refractivity contribution < 1.29 is 18.0 Å². The van der Waals surface area contributed by atoms with E-state index in [1.165, 1.54) is 29.2 Å². The van der Waals surface area contributed by atoms with E-state index in [9.17, 15) is 18.0 Å². The maximum Gasteiger partial charge on any atom is 0.418 e. The van der Waals surface area contributed by atoms with Crippen molar-refractivity contribution in [2.45, 2.75) is 20.0 Å². The minimum absolute atomic E-state index is 0.0500. The predicted molar refractivity (Wildman–Crippen MR) is 105 cm³/mol. The van der Waals surface area contributed by atoms with Crippen LogP contribution in [0.25, 0.3) is 5.69 Å². The monoisotopic (exact) mass is 485 g/mol. The highest BCUT2D eigenvalue weighted by atomic mass is 127. The lowest BCUT2D eigenvalue weighted by atomic mass is 10.1. The number of imidazole rings is 1. The Morgan fingerprint density at radius 3 is 2.48 bits per heavy atom. The number of hydrogen-bond acceptors (Lipinski definition) is 2. The minimum atomic E-state index is -4.58. The first-order valence-electron chi connectivity index (χ1n) is 7.95. The molecule has 1 aromatic heterocycles. The summed E-state index contributed by atoms with van der Waals surface area (Å²) in [4.78, 5) is 16.4. The van der Waals surface area contributed by atoms with Gasteiger partial charge in [0.1, 0.15) is 0 Å². The molecule has 0 aliphatic carbocycles. The van der Waals surface area contributed by atoms with Gasteiger partial charge < -0.3 is 9.88 Å². The number of aromatic nitrogens is 2. The number of hydrogen-bond donors (Lipinski definition) is 1. The van der Waals surface area contributed by atoms with E-state index in [2.05, 4.69) is 32.9 Å². The summed E-state index contributed by atoms with van der Waals surface area (Å²) in [6, 6.07) is 8.82. The number of rotatable bonds is 3. The zero-order valence-corrected chi connectivity index (χ0v) is 16.6. The number of carbonyl (C=O) groups is 1. The molecule has 3 aromatic rings. The van der Waals surface area contributed by atoms with Crippen LogP contribution in [-0.2, 0) is 6.18 Å². The van der Waals surface area contributed by atoms with Gasteiger partial charge in [-0.05, 0) is 72.3 Å². The third kappa shape index (κ3) is 4.32. The molecule has 3 rings (SSSR count). The normalized spacial score (nSPS) is 11.5. The zero-order chi connectivity index (χ0) is 19.8. The Hall–Kier alpha value is -2.36. The average molecular weight is 485 g/mol. The van der Waals surface area contributed by atoms with Gasteiger partial charge in [-0.1, -0.05) is 6.07 Å². The van der Waals surface area contributed by atoms with Gasteiger partial charge in [0.05, 0.1) is 23.3 Å². The Morgan fingerprint density at radius 2 is 1.89 bits per heavy atom. The largest absolute Gasteiger partial charge is 0.418 e.